The predicted molar refractivity (Wildman–Crippen MR) is 106 cm³/mol. The van der Waals surface area contributed by atoms with Gasteiger partial charge in [-0.25, -0.2) is 9.67 Å². The monoisotopic (exact) mass is 373 g/mol. The molecule has 2 N–H and O–H groups in total. The van der Waals surface area contributed by atoms with Crippen LogP contribution in [0.3, 0.4) is 0 Å². The summed E-state index contributed by atoms with van der Waals surface area (Å²) >= 11 is 0. The molecule has 1 fully saturated rings. The van der Waals surface area contributed by atoms with Crippen molar-refractivity contribution in [1.29, 1.82) is 0 Å². The molecule has 2 aromatic rings. The SMILES string of the molecule is COc1nn(C)c2nc(C)c(CCC(=O)N3CCC(C)CC3CN)c(C)c12. The highest BCUT2D eigenvalue weighted by molar-refractivity contribution is 5.86. The van der Waals surface area contributed by atoms with Gasteiger partial charge in [-0.1, -0.05) is 6.92 Å². The van der Waals surface area contributed by atoms with Crippen molar-refractivity contribution >= 4 is 16.9 Å². The third kappa shape index (κ3) is 3.65. The van der Waals surface area contributed by atoms with E-state index in [-0.39, 0.29) is 11.9 Å². The highest BCUT2D eigenvalue weighted by atomic mass is 16.5. The smallest absolute Gasteiger partial charge is 0.242 e. The maximum atomic E-state index is 12.9. The number of ether oxygens (including phenoxy) is 1. The fourth-order valence-electron chi connectivity index (χ4n) is 4.29. The normalized spacial score (nSPS) is 20.3. The molecule has 7 heteroatoms. The lowest BCUT2D eigenvalue weighted by Gasteiger charge is -2.38. The van der Waals surface area contributed by atoms with E-state index in [1.807, 2.05) is 18.9 Å². The number of fused-ring (bicyclic) bond motifs is 1. The van der Waals surface area contributed by atoms with Gasteiger partial charge in [-0.2, -0.15) is 0 Å². The Kier molecular flexibility index (Phi) is 5.69. The Morgan fingerprint density at radius 3 is 2.78 bits per heavy atom. The van der Waals surface area contributed by atoms with E-state index >= 15 is 0 Å². The second kappa shape index (κ2) is 7.84. The van der Waals surface area contributed by atoms with Crippen LogP contribution in [0.1, 0.15) is 43.0 Å². The van der Waals surface area contributed by atoms with Crippen molar-refractivity contribution in [2.24, 2.45) is 18.7 Å². The molecule has 7 nitrogen and oxygen atoms in total. The lowest BCUT2D eigenvalue weighted by molar-refractivity contribution is -0.135. The van der Waals surface area contributed by atoms with Crippen LogP contribution in [0, 0.1) is 19.8 Å². The molecule has 0 saturated carbocycles. The van der Waals surface area contributed by atoms with Gasteiger partial charge in [0.15, 0.2) is 5.65 Å². The summed E-state index contributed by atoms with van der Waals surface area (Å²) in [4.78, 5) is 19.6. The molecule has 0 radical (unpaired) electrons. The molecule has 0 aromatic carbocycles. The van der Waals surface area contributed by atoms with Crippen molar-refractivity contribution in [1.82, 2.24) is 19.7 Å². The number of piperidine rings is 1. The Morgan fingerprint density at radius 2 is 2.11 bits per heavy atom. The van der Waals surface area contributed by atoms with Gasteiger partial charge in [-0.15, -0.1) is 5.10 Å². The number of amides is 1. The van der Waals surface area contributed by atoms with Crippen molar-refractivity contribution in [3.8, 4) is 5.88 Å². The minimum atomic E-state index is 0.169. The minimum Gasteiger partial charge on any atom is -0.479 e. The number of nitrogens with two attached hydrogens (primary N) is 1. The molecule has 3 heterocycles. The summed E-state index contributed by atoms with van der Waals surface area (Å²) in [6.07, 6.45) is 3.20. The average Bonchev–Trinajstić information content (AvgIpc) is 2.97. The fourth-order valence-corrected chi connectivity index (χ4v) is 4.29. The van der Waals surface area contributed by atoms with Crippen LogP contribution >= 0.6 is 0 Å². The molecule has 2 unspecified atom stereocenters. The van der Waals surface area contributed by atoms with E-state index in [0.717, 1.165) is 47.2 Å². The topological polar surface area (TPSA) is 86.3 Å². The van der Waals surface area contributed by atoms with Gasteiger partial charge in [0.05, 0.1) is 12.5 Å². The van der Waals surface area contributed by atoms with Crippen LogP contribution in [0.2, 0.25) is 0 Å². The average molecular weight is 374 g/mol. The van der Waals surface area contributed by atoms with Crippen LogP contribution in [-0.4, -0.2) is 51.8 Å². The van der Waals surface area contributed by atoms with Gasteiger partial charge in [0.2, 0.25) is 11.8 Å². The number of nitrogens with zero attached hydrogens (tertiary/aromatic N) is 4. The Hall–Kier alpha value is -2.15. The molecule has 0 spiro atoms. The molecule has 0 aliphatic carbocycles. The lowest BCUT2D eigenvalue weighted by atomic mass is 9.91. The molecule has 1 aliphatic rings. The third-order valence-electron chi connectivity index (χ3n) is 5.88. The summed E-state index contributed by atoms with van der Waals surface area (Å²) in [5, 5.41) is 5.32. The van der Waals surface area contributed by atoms with E-state index in [9.17, 15) is 4.79 Å². The van der Waals surface area contributed by atoms with Crippen molar-refractivity contribution < 1.29 is 9.53 Å². The summed E-state index contributed by atoms with van der Waals surface area (Å²) in [7, 11) is 3.48. The second-order valence-corrected chi connectivity index (χ2v) is 7.74. The van der Waals surface area contributed by atoms with Gasteiger partial charge in [0.1, 0.15) is 0 Å². The molecular formula is C20H31N5O2. The van der Waals surface area contributed by atoms with Gasteiger partial charge in [0, 0.05) is 38.3 Å². The number of likely N-dealkylation sites (tertiary alicyclic amines) is 1. The highest BCUT2D eigenvalue weighted by Gasteiger charge is 2.29. The maximum Gasteiger partial charge on any atom is 0.242 e. The van der Waals surface area contributed by atoms with Crippen LogP contribution in [0.25, 0.3) is 11.0 Å². The molecule has 0 bridgehead atoms. The van der Waals surface area contributed by atoms with Crippen LogP contribution in [0.5, 0.6) is 5.88 Å². The molecular weight excluding hydrogens is 342 g/mol. The van der Waals surface area contributed by atoms with Gasteiger partial charge in [-0.05, 0) is 50.2 Å². The lowest BCUT2D eigenvalue weighted by Crippen LogP contribution is -2.49. The van der Waals surface area contributed by atoms with E-state index in [4.69, 9.17) is 15.5 Å². The molecule has 1 saturated heterocycles. The Balaban J connectivity index is 1.81. The fraction of sp³-hybridized carbons (Fsp3) is 0.650. The second-order valence-electron chi connectivity index (χ2n) is 7.74. The number of pyridine rings is 1. The number of carbonyl (C=O) groups excluding carboxylic acids is 1. The van der Waals surface area contributed by atoms with E-state index < -0.39 is 0 Å². The van der Waals surface area contributed by atoms with Crippen molar-refractivity contribution in [3.63, 3.8) is 0 Å². The first-order valence-electron chi connectivity index (χ1n) is 9.73. The predicted octanol–water partition coefficient (Wildman–Crippen LogP) is 2.11. The van der Waals surface area contributed by atoms with Crippen LogP contribution in [-0.2, 0) is 18.3 Å². The Bertz CT molecular complexity index is 845. The highest BCUT2D eigenvalue weighted by Crippen LogP contribution is 2.31. The summed E-state index contributed by atoms with van der Waals surface area (Å²) in [5.74, 6) is 1.41. The standard InChI is InChI=1S/C20H31N5O2/c1-12-8-9-25(15(10-12)11-21)17(26)7-6-16-13(2)18-19(22-14(16)3)24(4)23-20(18)27-5/h12,15H,6-11,21H2,1-5H3. The molecule has 3 rings (SSSR count). The zero-order valence-corrected chi connectivity index (χ0v) is 17.1. The number of aryl methyl sites for hydroxylation is 3. The third-order valence-corrected chi connectivity index (χ3v) is 5.88. The first-order chi connectivity index (χ1) is 12.9. The number of hydrogen-bond donors (Lipinski definition) is 1. The molecule has 27 heavy (non-hydrogen) atoms. The van der Waals surface area contributed by atoms with E-state index in [0.29, 0.717) is 31.2 Å². The van der Waals surface area contributed by atoms with Gasteiger partial charge in [0.25, 0.3) is 0 Å². The summed E-state index contributed by atoms with van der Waals surface area (Å²) in [6, 6.07) is 0.169. The largest absolute Gasteiger partial charge is 0.479 e. The number of methoxy groups -OCH3 is 1. The van der Waals surface area contributed by atoms with Crippen LogP contribution in [0.15, 0.2) is 0 Å². The van der Waals surface area contributed by atoms with Gasteiger partial charge in [-0.3, -0.25) is 4.79 Å². The summed E-state index contributed by atoms with van der Waals surface area (Å²) < 4.78 is 7.16. The van der Waals surface area contributed by atoms with Crippen LogP contribution < -0.4 is 10.5 Å². The minimum absolute atomic E-state index is 0.169. The zero-order valence-electron chi connectivity index (χ0n) is 17.1. The first-order valence-corrected chi connectivity index (χ1v) is 9.73. The van der Waals surface area contributed by atoms with E-state index in [1.54, 1.807) is 11.8 Å². The van der Waals surface area contributed by atoms with E-state index in [1.165, 1.54) is 0 Å². The molecule has 148 valence electrons. The van der Waals surface area contributed by atoms with Crippen LogP contribution in [0.4, 0.5) is 0 Å². The molecule has 1 amide bonds. The Labute approximate surface area is 160 Å². The molecule has 2 atom stereocenters. The number of carbonyl (C=O) groups is 1. The molecule has 2 aromatic heterocycles. The molecule has 1 aliphatic heterocycles. The quantitative estimate of drug-likeness (QED) is 0.867. The Morgan fingerprint density at radius 1 is 1.37 bits per heavy atom. The summed E-state index contributed by atoms with van der Waals surface area (Å²) in [5.41, 5.74) is 9.88. The van der Waals surface area contributed by atoms with Crippen molar-refractivity contribution in [2.45, 2.75) is 52.5 Å². The van der Waals surface area contributed by atoms with Crippen molar-refractivity contribution in [3.05, 3.63) is 16.8 Å². The van der Waals surface area contributed by atoms with Gasteiger partial charge < -0.3 is 15.4 Å². The van der Waals surface area contributed by atoms with Gasteiger partial charge >= 0.3 is 0 Å². The first kappa shape index (κ1) is 19.6. The van der Waals surface area contributed by atoms with Crippen molar-refractivity contribution in [2.75, 3.05) is 20.2 Å². The zero-order chi connectivity index (χ0) is 19.7. The number of hydrogen-bond acceptors (Lipinski definition) is 5. The summed E-state index contributed by atoms with van der Waals surface area (Å²) in [6.45, 7) is 7.64. The number of aromatic nitrogens is 3. The van der Waals surface area contributed by atoms with E-state index in [2.05, 4.69) is 18.9 Å². The maximum absolute atomic E-state index is 12.9. The number of rotatable bonds is 5.